The Labute approximate surface area is 340 Å². The van der Waals surface area contributed by atoms with Crippen LogP contribution in [-0.4, -0.2) is 64.6 Å². The molecule has 2 aliphatic heterocycles. The van der Waals surface area contributed by atoms with Crippen molar-refractivity contribution < 1.29 is 33.7 Å². The van der Waals surface area contributed by atoms with Crippen molar-refractivity contribution in [1.82, 2.24) is 15.1 Å². The Kier molecular flexibility index (Phi) is 18.5. The second-order valence-corrected chi connectivity index (χ2v) is 15.7. The van der Waals surface area contributed by atoms with Crippen LogP contribution in [0.5, 0.6) is 0 Å². The predicted molar refractivity (Wildman–Crippen MR) is 222 cm³/mol. The number of rotatable bonds is 24. The number of aliphatic hydroxyl groups excluding tert-OH is 1. The lowest BCUT2D eigenvalue weighted by molar-refractivity contribution is -0.253. The molecule has 2 saturated heterocycles. The molecule has 3 amide bonds. The van der Waals surface area contributed by atoms with Crippen molar-refractivity contribution >= 4 is 17.9 Å². The van der Waals surface area contributed by atoms with Crippen LogP contribution in [0.25, 0.3) is 0 Å². The molecular formula is C47H65N3O7. The summed E-state index contributed by atoms with van der Waals surface area (Å²) in [6, 6.07) is 24.0. The molecule has 310 valence electrons. The minimum atomic E-state index is -0.967. The Morgan fingerprint density at radius 3 is 1.98 bits per heavy atom. The standard InChI is InChI=1S/C47H65N3O7/c1-3-5-7-9-11-16-28-49(29-17-12-10-8-6-4-2)33-41-30-43(39-24-22-37(34-51)23-25-39)57-46(56-41)40-26-20-36(21-27-40)32-50-44(52)31-42(45(50)53)48-47(54)55-35-38-18-14-13-15-19-38/h13-15,18-27,41-43,46,51H,3-12,16-17,28-35H2,1-2H3,(H,48,54)/t41-,42?,43+,46+/m0/s1. The van der Waals surface area contributed by atoms with E-state index in [1.807, 2.05) is 78.9 Å². The molecule has 2 fully saturated rings. The van der Waals surface area contributed by atoms with Crippen LogP contribution in [0.2, 0.25) is 0 Å². The van der Waals surface area contributed by atoms with E-state index in [-0.39, 0.29) is 44.3 Å². The van der Waals surface area contributed by atoms with Crippen LogP contribution in [-0.2, 0) is 43.6 Å². The lowest BCUT2D eigenvalue weighted by Crippen LogP contribution is -2.41. The minimum absolute atomic E-state index is 0.00848. The number of likely N-dealkylation sites (tertiary alicyclic amines) is 1. The number of imide groups is 1. The fraction of sp³-hybridized carbons (Fsp3) is 0.553. The van der Waals surface area contributed by atoms with E-state index in [1.54, 1.807) is 0 Å². The average molecular weight is 784 g/mol. The average Bonchev–Trinajstić information content (AvgIpc) is 3.49. The molecule has 5 rings (SSSR count). The zero-order valence-corrected chi connectivity index (χ0v) is 34.2. The quantitative estimate of drug-likeness (QED) is 0.0682. The summed E-state index contributed by atoms with van der Waals surface area (Å²) in [6.07, 6.45) is 14.2. The van der Waals surface area contributed by atoms with Gasteiger partial charge in [-0.1, -0.05) is 157 Å². The van der Waals surface area contributed by atoms with Crippen molar-refractivity contribution in [3.05, 3.63) is 107 Å². The van der Waals surface area contributed by atoms with E-state index in [4.69, 9.17) is 14.2 Å². The van der Waals surface area contributed by atoms with Gasteiger partial charge in [-0.2, -0.15) is 0 Å². The molecule has 2 heterocycles. The van der Waals surface area contributed by atoms with Gasteiger partial charge in [0.25, 0.3) is 5.91 Å². The van der Waals surface area contributed by atoms with Crippen molar-refractivity contribution in [3.63, 3.8) is 0 Å². The second kappa shape index (κ2) is 24.0. The van der Waals surface area contributed by atoms with Crippen LogP contribution in [0.3, 0.4) is 0 Å². The van der Waals surface area contributed by atoms with Gasteiger partial charge in [-0.25, -0.2) is 4.79 Å². The zero-order valence-electron chi connectivity index (χ0n) is 34.2. The Hall–Kier alpha value is -4.09. The van der Waals surface area contributed by atoms with E-state index in [0.29, 0.717) is 0 Å². The summed E-state index contributed by atoms with van der Waals surface area (Å²) in [6.45, 7) is 7.64. The number of unbranched alkanes of at least 4 members (excludes halogenated alkanes) is 10. The Morgan fingerprint density at radius 1 is 0.754 bits per heavy atom. The van der Waals surface area contributed by atoms with Gasteiger partial charge in [-0.05, 0) is 48.2 Å². The first-order valence-corrected chi connectivity index (χ1v) is 21.5. The summed E-state index contributed by atoms with van der Waals surface area (Å²) in [5.74, 6) is -0.801. The molecule has 0 spiro atoms. The molecule has 4 atom stereocenters. The number of nitrogens with zero attached hydrogens (tertiary/aromatic N) is 2. The zero-order chi connectivity index (χ0) is 40.2. The molecule has 1 unspecified atom stereocenters. The highest BCUT2D eigenvalue weighted by Crippen LogP contribution is 2.38. The minimum Gasteiger partial charge on any atom is -0.445 e. The summed E-state index contributed by atoms with van der Waals surface area (Å²) in [5, 5.41) is 12.2. The van der Waals surface area contributed by atoms with Gasteiger partial charge in [0.2, 0.25) is 5.91 Å². The molecule has 2 aliphatic rings. The monoisotopic (exact) mass is 783 g/mol. The van der Waals surface area contributed by atoms with E-state index in [2.05, 4.69) is 24.1 Å². The van der Waals surface area contributed by atoms with Gasteiger partial charge in [-0.15, -0.1) is 0 Å². The molecule has 0 aromatic heterocycles. The van der Waals surface area contributed by atoms with Crippen molar-refractivity contribution in [3.8, 4) is 0 Å². The van der Waals surface area contributed by atoms with Gasteiger partial charge in [0.1, 0.15) is 12.6 Å². The van der Waals surface area contributed by atoms with Gasteiger partial charge in [0, 0.05) is 18.5 Å². The molecule has 3 aromatic carbocycles. The summed E-state index contributed by atoms with van der Waals surface area (Å²) < 4.78 is 18.7. The third kappa shape index (κ3) is 14.4. The number of carbonyl (C=O) groups is 3. The van der Waals surface area contributed by atoms with E-state index < -0.39 is 24.3 Å². The number of hydrogen-bond acceptors (Lipinski definition) is 8. The summed E-state index contributed by atoms with van der Waals surface area (Å²) in [4.78, 5) is 42.3. The molecule has 0 bridgehead atoms. The summed E-state index contributed by atoms with van der Waals surface area (Å²) in [7, 11) is 0. The number of nitrogens with one attached hydrogen (secondary N) is 1. The van der Waals surface area contributed by atoms with E-state index in [0.717, 1.165) is 53.9 Å². The Balaban J connectivity index is 1.22. The van der Waals surface area contributed by atoms with Gasteiger partial charge >= 0.3 is 6.09 Å². The molecule has 57 heavy (non-hydrogen) atoms. The maximum Gasteiger partial charge on any atom is 0.408 e. The van der Waals surface area contributed by atoms with E-state index >= 15 is 0 Å². The normalized spacial score (nSPS) is 19.7. The first-order valence-electron chi connectivity index (χ1n) is 21.5. The molecule has 0 radical (unpaired) electrons. The number of carbonyl (C=O) groups excluding carboxylic acids is 3. The maximum atomic E-state index is 13.2. The summed E-state index contributed by atoms with van der Waals surface area (Å²) in [5.41, 5.74) is 4.38. The van der Waals surface area contributed by atoms with Gasteiger partial charge < -0.3 is 29.5 Å². The number of aliphatic hydroxyl groups is 1. The number of alkyl carbamates (subject to hydrolysis) is 1. The number of amides is 3. The molecule has 3 aromatic rings. The fourth-order valence-electron chi connectivity index (χ4n) is 7.68. The van der Waals surface area contributed by atoms with Crippen LogP contribution in [0.15, 0.2) is 78.9 Å². The first-order chi connectivity index (χ1) is 27.9. The third-order valence-electron chi connectivity index (χ3n) is 11.1. The van der Waals surface area contributed by atoms with Crippen LogP contribution in [0.4, 0.5) is 4.79 Å². The fourth-order valence-corrected chi connectivity index (χ4v) is 7.68. The van der Waals surface area contributed by atoms with Crippen LogP contribution in [0, 0.1) is 0 Å². The van der Waals surface area contributed by atoms with Gasteiger partial charge in [0.15, 0.2) is 6.29 Å². The second-order valence-electron chi connectivity index (χ2n) is 15.7. The molecule has 0 saturated carbocycles. The Morgan fingerprint density at radius 2 is 1.35 bits per heavy atom. The number of hydrogen-bond donors (Lipinski definition) is 2. The van der Waals surface area contributed by atoms with Crippen molar-refractivity contribution in [2.75, 3.05) is 19.6 Å². The lowest BCUT2D eigenvalue weighted by Gasteiger charge is -2.38. The molecule has 10 nitrogen and oxygen atoms in total. The topological polar surface area (TPSA) is 118 Å². The molecule has 2 N–H and O–H groups in total. The maximum absolute atomic E-state index is 13.2. The number of benzene rings is 3. The van der Waals surface area contributed by atoms with E-state index in [9.17, 15) is 19.5 Å². The first kappa shape index (κ1) is 44.0. The molecule has 0 aliphatic carbocycles. The third-order valence-corrected chi connectivity index (χ3v) is 11.1. The summed E-state index contributed by atoms with van der Waals surface area (Å²) >= 11 is 0. The predicted octanol–water partition coefficient (Wildman–Crippen LogP) is 9.30. The van der Waals surface area contributed by atoms with E-state index in [1.165, 1.54) is 81.9 Å². The van der Waals surface area contributed by atoms with Crippen molar-refractivity contribution in [2.24, 2.45) is 0 Å². The highest BCUT2D eigenvalue weighted by atomic mass is 16.7. The smallest absolute Gasteiger partial charge is 0.408 e. The highest BCUT2D eigenvalue weighted by Gasteiger charge is 2.40. The van der Waals surface area contributed by atoms with Crippen LogP contribution < -0.4 is 5.32 Å². The highest BCUT2D eigenvalue weighted by molar-refractivity contribution is 6.06. The van der Waals surface area contributed by atoms with Gasteiger partial charge in [-0.3, -0.25) is 14.5 Å². The lowest BCUT2D eigenvalue weighted by atomic mass is 9.99. The molecule has 10 heteroatoms. The largest absolute Gasteiger partial charge is 0.445 e. The number of ether oxygens (including phenoxy) is 3. The van der Waals surface area contributed by atoms with Crippen LogP contribution in [0.1, 0.15) is 144 Å². The van der Waals surface area contributed by atoms with Crippen molar-refractivity contribution in [1.29, 1.82) is 0 Å². The SMILES string of the molecule is CCCCCCCCN(CCCCCCCC)C[C@@H]1C[C@H](c2ccc(CO)cc2)O[C@H](c2ccc(CN3C(=O)CC(NC(=O)OCc4ccccc4)C3=O)cc2)O1. The van der Waals surface area contributed by atoms with Crippen molar-refractivity contribution in [2.45, 2.75) is 148 Å². The van der Waals surface area contributed by atoms with Crippen LogP contribution >= 0.6 is 0 Å². The van der Waals surface area contributed by atoms with Gasteiger partial charge in [0.05, 0.1) is 31.8 Å². The Bertz CT molecular complexity index is 1620. The molecular weight excluding hydrogens is 719 g/mol.